The quantitative estimate of drug-likeness (QED) is 0.0169. The van der Waals surface area contributed by atoms with Crippen LogP contribution in [-0.2, 0) is 101 Å². The molecule has 708 valence electrons. The number of rotatable bonds is 23. The molecule has 0 spiro atoms. The van der Waals surface area contributed by atoms with Crippen molar-refractivity contribution >= 4 is 150 Å². The number of hydrogen-bond donors (Lipinski definition) is 20. The SMILES string of the molecule is CCCC[C@H]1C(=O)N(C)[C@@H](C)C(=O)N[C@@H](CCCNC(=N)N)C(=O)N[C@H](C(=O)N[C@@H](CO)C(N)=O)CSCC(=O)N[C@@H](Cc2ccc(O)cc2)C(=O)N(C)[C@@H](C)C(=O)N[C@H](CC(N)=O)C(=O)N2CCC[C@H]2C(=O)N[C@@H](CO)C(=O)N[C@@H](CC(C)C)C(=O)N2CCC[C@H]2C(=O)N[C@@H](Cc2c[nH]c3ccccc23)C(=O)N[C@@H](CO)C(=O)N[C@@H](Cc2csc3ccccc23)C(=O)N1C. The molecule has 44 heteroatoms. The minimum atomic E-state index is -1.85. The Hall–Kier alpha value is -12.6. The number of thioether (sulfide) groups is 1. The van der Waals surface area contributed by atoms with Gasteiger partial charge in [-0.05, 0) is 123 Å². The van der Waals surface area contributed by atoms with Crippen LogP contribution in [0.25, 0.3) is 21.0 Å². The van der Waals surface area contributed by atoms with E-state index in [0.29, 0.717) is 57.6 Å². The van der Waals surface area contributed by atoms with E-state index < -0.39 is 235 Å². The molecule has 15 atom stereocenters. The number of fused-ring (bicyclic) bond motifs is 4. The number of aliphatic hydroxyl groups is 3. The first-order valence-electron chi connectivity index (χ1n) is 43.1. The highest BCUT2D eigenvalue weighted by atomic mass is 32.2. The predicted octanol–water partition coefficient (Wildman–Crippen LogP) is -3.95. The molecule has 23 N–H and O–H groups in total. The normalized spacial score (nSPS) is 24.9. The first kappa shape index (κ1) is 103. The third-order valence-electron chi connectivity index (χ3n) is 23.1. The molecule has 0 radical (unpaired) electrons. The maximum atomic E-state index is 15.6. The number of guanidine groups is 1. The summed E-state index contributed by atoms with van der Waals surface area (Å²) < 4.78 is 0.810. The molecule has 2 aromatic heterocycles. The molecule has 130 heavy (non-hydrogen) atoms. The molecule has 3 fully saturated rings. The van der Waals surface area contributed by atoms with E-state index in [0.717, 1.165) is 24.3 Å². The molecule has 0 aliphatic carbocycles. The number of aromatic hydroxyl groups is 1. The number of hydrogen-bond acceptors (Lipinski definition) is 24. The number of unbranched alkanes of at least 4 members (excludes halogenated alkanes) is 1. The average molecular weight is 1850 g/mol. The Bertz CT molecular complexity index is 4920. The monoisotopic (exact) mass is 1850 g/mol. The van der Waals surface area contributed by atoms with Gasteiger partial charge >= 0.3 is 0 Å². The smallest absolute Gasteiger partial charge is 0.246 e. The third-order valence-corrected chi connectivity index (χ3v) is 25.2. The Morgan fingerprint density at radius 1 is 0.554 bits per heavy atom. The van der Waals surface area contributed by atoms with Crippen molar-refractivity contribution in [2.24, 2.45) is 23.1 Å². The largest absolute Gasteiger partial charge is 0.508 e. The molecule has 3 aliphatic rings. The number of nitrogens with zero attached hydrogens (tertiary/aromatic N) is 5. The number of benzene rings is 3. The number of phenols is 1. The molecule has 5 aromatic rings. The Morgan fingerprint density at radius 2 is 1.07 bits per heavy atom. The number of thiophene rings is 1. The summed E-state index contributed by atoms with van der Waals surface area (Å²) >= 11 is 2.04. The van der Waals surface area contributed by atoms with Crippen molar-refractivity contribution in [1.29, 1.82) is 5.41 Å². The van der Waals surface area contributed by atoms with Gasteiger partial charge in [0, 0.05) is 87.6 Å². The van der Waals surface area contributed by atoms with Gasteiger partial charge in [0.25, 0.3) is 0 Å². The second-order valence-electron chi connectivity index (χ2n) is 33.1. The highest BCUT2D eigenvalue weighted by molar-refractivity contribution is 8.00. The Balaban J connectivity index is 1.17. The Labute approximate surface area is 759 Å². The molecule has 8 rings (SSSR count). The maximum Gasteiger partial charge on any atom is 0.246 e. The fourth-order valence-corrected chi connectivity index (χ4v) is 17.4. The molecule has 3 saturated heterocycles. The van der Waals surface area contributed by atoms with Gasteiger partial charge in [-0.25, -0.2) is 0 Å². The van der Waals surface area contributed by atoms with Gasteiger partial charge < -0.3 is 126 Å². The van der Waals surface area contributed by atoms with Gasteiger partial charge in [0.2, 0.25) is 100 Å². The first-order chi connectivity index (χ1) is 61.8. The van der Waals surface area contributed by atoms with Crippen molar-refractivity contribution in [1.82, 2.24) is 88.0 Å². The number of amides is 17. The summed E-state index contributed by atoms with van der Waals surface area (Å²) in [5.41, 5.74) is 18.8. The molecular weight excluding hydrogens is 1730 g/mol. The molecular formula is C86H121N21O21S2. The number of aliphatic hydroxyl groups excluding tert-OH is 3. The van der Waals surface area contributed by atoms with E-state index in [4.69, 9.17) is 22.6 Å². The Kier molecular flexibility index (Phi) is 38.6. The van der Waals surface area contributed by atoms with Crippen LogP contribution in [0.2, 0.25) is 0 Å². The molecule has 0 saturated carbocycles. The predicted molar refractivity (Wildman–Crippen MR) is 479 cm³/mol. The average Bonchev–Trinajstić information content (AvgIpc) is 1.57. The van der Waals surface area contributed by atoms with E-state index >= 15 is 28.8 Å². The van der Waals surface area contributed by atoms with Crippen molar-refractivity contribution in [3.8, 4) is 5.75 Å². The number of phenolic OH excluding ortho intramolecular Hbond substituents is 1. The lowest BCUT2D eigenvalue weighted by molar-refractivity contribution is -0.149. The maximum absolute atomic E-state index is 15.6. The molecule has 42 nitrogen and oxygen atoms in total. The summed E-state index contributed by atoms with van der Waals surface area (Å²) in [6.07, 6.45) is 0.898. The second-order valence-corrected chi connectivity index (χ2v) is 35.0. The highest BCUT2D eigenvalue weighted by Gasteiger charge is 2.45. The van der Waals surface area contributed by atoms with Gasteiger partial charge in [-0.3, -0.25) is 86.9 Å². The van der Waals surface area contributed by atoms with Crippen LogP contribution in [0.4, 0.5) is 0 Å². The van der Waals surface area contributed by atoms with Crippen LogP contribution in [0.3, 0.4) is 0 Å². The Morgan fingerprint density at radius 3 is 1.65 bits per heavy atom. The molecule has 0 unspecified atom stereocenters. The zero-order chi connectivity index (χ0) is 95.5. The first-order valence-corrected chi connectivity index (χ1v) is 45.1. The van der Waals surface area contributed by atoms with Crippen LogP contribution in [0.15, 0.2) is 84.4 Å². The summed E-state index contributed by atoms with van der Waals surface area (Å²) in [6, 6.07) is -3.94. The standard InChI is InChI=1S/C86H121N21O21S2/c1-9-10-22-67-85(128)104(7)47(5)72(115)94-55(21-15-30-91-86(89)90)74(117)102-64(78(121)99-61(39-108)71(88)114)43-129-44-70(113)93-58(34-48-26-28-51(111)29-27-48)81(124)103(6)46(4)73(116)96-60(37-69(87)112)84(127)107-32-17-24-66(107)80(123)101-63(41-110)77(120)97-57(33-45(2)3)83(126)106-31-16-23-65(106)79(122)95-56(35-49-38-92-54-20-13-11-18-52(49)54)75(118)100-62(40-109)76(119)98-59(82(125)105(67)8)36-50-42-130-68-25-14-12-19-53(50)68/h11-14,18-20,25-29,38,42,45-47,55-67,92,108-111H,9-10,15-17,21-24,30-37,39-41,43-44H2,1-8H3,(H2,87,112)(H2,88,114)(H,93,113)(H,94,115)(H,95,122)(H,96,116)(H,97,120)(H,98,119)(H,99,121)(H,100,118)(H,101,123)(H,102,117)(H4,89,90,91)/t46-,47-,55-,56-,57-,58-,59-,60+,61-,62-,63-,64-,65-,66-,67-/m0/s1. The van der Waals surface area contributed by atoms with Crippen LogP contribution in [0.5, 0.6) is 5.75 Å². The molecule has 0 bridgehead atoms. The van der Waals surface area contributed by atoms with Crippen molar-refractivity contribution in [3.05, 3.63) is 101 Å². The zero-order valence-electron chi connectivity index (χ0n) is 73.9. The van der Waals surface area contributed by atoms with Crippen molar-refractivity contribution < 1.29 is 102 Å². The van der Waals surface area contributed by atoms with Crippen LogP contribution in [-0.4, -0.2) is 319 Å². The summed E-state index contributed by atoms with van der Waals surface area (Å²) in [7, 11) is 3.79. The number of para-hydroxylation sites is 1. The van der Waals surface area contributed by atoms with E-state index in [2.05, 4.69) is 63.5 Å². The number of nitrogens with two attached hydrogens (primary N) is 3. The zero-order valence-corrected chi connectivity index (χ0v) is 75.5. The van der Waals surface area contributed by atoms with Gasteiger partial charge in [-0.2, -0.15) is 0 Å². The second kappa shape index (κ2) is 48.7. The van der Waals surface area contributed by atoms with Crippen LogP contribution < -0.4 is 75.7 Å². The number of primary amides is 2. The van der Waals surface area contributed by atoms with Crippen LogP contribution in [0.1, 0.15) is 122 Å². The molecule has 17 amide bonds. The lowest BCUT2D eigenvalue weighted by Gasteiger charge is -2.35. The minimum Gasteiger partial charge on any atom is -0.508 e. The van der Waals surface area contributed by atoms with Crippen LogP contribution >= 0.6 is 23.1 Å². The number of nitrogens with one attached hydrogen (secondary N) is 13. The van der Waals surface area contributed by atoms with Gasteiger partial charge in [0.05, 0.1) is 32.0 Å². The topological polar surface area (TPSA) is 637 Å². The summed E-state index contributed by atoms with van der Waals surface area (Å²) in [4.78, 5) is 256. The van der Waals surface area contributed by atoms with Crippen molar-refractivity contribution in [3.63, 3.8) is 0 Å². The van der Waals surface area contributed by atoms with E-state index in [-0.39, 0.29) is 102 Å². The number of H-pyrrole nitrogens is 1. The van der Waals surface area contributed by atoms with Gasteiger partial charge in [0.15, 0.2) is 5.96 Å². The number of likely N-dealkylation sites (N-methyl/N-ethyl adjacent to an activating group) is 3. The number of carbonyl (C=O) groups is 17. The molecule has 3 aliphatic heterocycles. The highest BCUT2D eigenvalue weighted by Crippen LogP contribution is 2.30. The summed E-state index contributed by atoms with van der Waals surface area (Å²) in [5, 5.41) is 81.4. The van der Waals surface area contributed by atoms with Gasteiger partial charge in [-0.1, -0.05) is 82.1 Å². The van der Waals surface area contributed by atoms with Crippen LogP contribution in [0, 0.1) is 11.3 Å². The molecule has 3 aromatic carbocycles. The minimum absolute atomic E-state index is 0.000577. The number of carbonyl (C=O) groups excluding carboxylic acids is 17. The van der Waals surface area contributed by atoms with E-state index in [9.17, 15) is 73.2 Å². The lowest BCUT2D eigenvalue weighted by Crippen LogP contribution is -2.62. The fourth-order valence-electron chi connectivity index (χ4n) is 15.6. The van der Waals surface area contributed by atoms with E-state index in [1.54, 1.807) is 61.8 Å². The third kappa shape index (κ3) is 28.0. The van der Waals surface area contributed by atoms with Gasteiger partial charge in [-0.15, -0.1) is 23.1 Å². The number of aromatic amines is 1. The lowest BCUT2D eigenvalue weighted by atomic mass is 10.0. The van der Waals surface area contributed by atoms with E-state index in [1.807, 2.05) is 19.1 Å². The molecule has 5 heterocycles. The number of aromatic nitrogens is 1. The fraction of sp³-hybridized carbons (Fsp3) is 0.535. The summed E-state index contributed by atoms with van der Waals surface area (Å²) in [5.74, 6) is -18.7. The summed E-state index contributed by atoms with van der Waals surface area (Å²) in [6.45, 7) is 4.54. The van der Waals surface area contributed by atoms with Crippen molar-refractivity contribution in [2.45, 2.75) is 215 Å². The van der Waals surface area contributed by atoms with Crippen molar-refractivity contribution in [2.75, 3.05) is 72.1 Å². The van der Waals surface area contributed by atoms with Gasteiger partial charge in [0.1, 0.15) is 96.4 Å². The van der Waals surface area contributed by atoms with E-state index in [1.165, 1.54) is 75.5 Å².